The maximum atomic E-state index is 11.2. The Balaban J connectivity index is 1.27. The molecule has 2 saturated heterocycles. The van der Waals surface area contributed by atoms with E-state index < -0.39 is 0 Å². The highest BCUT2D eigenvalue weighted by Crippen LogP contribution is 2.71. The Morgan fingerprint density at radius 1 is 0.871 bits per heavy atom. The fraction of sp³-hybridized carbons (Fsp3) is 1.00. The Labute approximate surface area is 188 Å². The van der Waals surface area contributed by atoms with E-state index in [1.54, 1.807) is 0 Å². The van der Waals surface area contributed by atoms with Gasteiger partial charge in [-0.2, -0.15) is 0 Å². The molecule has 4 saturated carbocycles. The van der Waals surface area contributed by atoms with E-state index in [2.05, 4.69) is 27.7 Å². The molecular weight excluding hydrogens is 388 g/mol. The van der Waals surface area contributed by atoms with Gasteiger partial charge in [-0.3, -0.25) is 0 Å². The second kappa shape index (κ2) is 6.93. The van der Waals surface area contributed by atoms with Crippen molar-refractivity contribution in [3.63, 3.8) is 0 Å². The largest absolute Gasteiger partial charge is 0.393 e. The standard InChI is InChI=1S/C27H44O4/c1-15-7-10-27(30-14-15)16(2)24-22(31-27)13-21-19-6-5-17-11-18(28)12-23(29)26(17,4)20(19)8-9-25(21,24)3/h15-24,28-29H,5-14H2,1-4H3/t15?,16-,17+,18-,19+,20-,21-,22-,23+,24-,25-,26-,27+/m0/s1. The van der Waals surface area contributed by atoms with E-state index in [0.717, 1.165) is 19.4 Å². The van der Waals surface area contributed by atoms with Crippen LogP contribution >= 0.6 is 0 Å². The van der Waals surface area contributed by atoms with Crippen LogP contribution in [0.2, 0.25) is 0 Å². The molecule has 0 aromatic heterocycles. The predicted octanol–water partition coefficient (Wildman–Crippen LogP) is 4.76. The van der Waals surface area contributed by atoms with E-state index in [1.165, 1.54) is 38.5 Å². The van der Waals surface area contributed by atoms with Crippen molar-refractivity contribution in [2.45, 2.75) is 110 Å². The first-order valence-electron chi connectivity index (χ1n) is 13.4. The number of aliphatic hydroxyl groups is 2. The molecule has 4 nitrogen and oxygen atoms in total. The Kier molecular flexibility index (Phi) is 4.78. The van der Waals surface area contributed by atoms with Crippen LogP contribution in [0.25, 0.3) is 0 Å². The number of aliphatic hydroxyl groups excluding tert-OH is 2. The van der Waals surface area contributed by atoms with Crippen LogP contribution in [0.3, 0.4) is 0 Å². The number of fused-ring (bicyclic) bond motifs is 7. The second-order valence-corrected chi connectivity index (χ2v) is 13.2. The monoisotopic (exact) mass is 432 g/mol. The molecule has 2 N–H and O–H groups in total. The summed E-state index contributed by atoms with van der Waals surface area (Å²) in [6.07, 6.45) is 9.56. The van der Waals surface area contributed by atoms with Crippen LogP contribution in [-0.2, 0) is 9.47 Å². The summed E-state index contributed by atoms with van der Waals surface area (Å²) in [5.41, 5.74) is 0.320. The van der Waals surface area contributed by atoms with Crippen molar-refractivity contribution in [1.29, 1.82) is 0 Å². The van der Waals surface area contributed by atoms with Crippen molar-refractivity contribution in [3.8, 4) is 0 Å². The average molecular weight is 433 g/mol. The summed E-state index contributed by atoms with van der Waals surface area (Å²) in [7, 11) is 0. The summed E-state index contributed by atoms with van der Waals surface area (Å²) in [5.74, 6) is 3.89. The van der Waals surface area contributed by atoms with E-state index in [9.17, 15) is 10.2 Å². The highest BCUT2D eigenvalue weighted by molar-refractivity contribution is 5.16. The molecule has 6 fully saturated rings. The molecule has 4 aliphatic carbocycles. The lowest BCUT2D eigenvalue weighted by atomic mass is 9.43. The molecule has 0 aromatic rings. The van der Waals surface area contributed by atoms with Gasteiger partial charge in [-0.15, -0.1) is 0 Å². The molecule has 6 aliphatic rings. The van der Waals surface area contributed by atoms with Gasteiger partial charge in [-0.25, -0.2) is 0 Å². The number of hydrogen-bond acceptors (Lipinski definition) is 4. The molecule has 6 rings (SSSR count). The third-order valence-corrected chi connectivity index (χ3v) is 12.0. The van der Waals surface area contributed by atoms with Crippen LogP contribution in [0.15, 0.2) is 0 Å². The van der Waals surface area contributed by atoms with Crippen molar-refractivity contribution >= 4 is 0 Å². The normalized spacial score (nSPS) is 63.3. The summed E-state index contributed by atoms with van der Waals surface area (Å²) in [4.78, 5) is 0. The molecular formula is C27H44O4. The first-order chi connectivity index (χ1) is 14.7. The summed E-state index contributed by atoms with van der Waals surface area (Å²) in [6, 6.07) is 0. The molecule has 1 unspecified atom stereocenters. The molecule has 0 amide bonds. The molecule has 2 aliphatic heterocycles. The van der Waals surface area contributed by atoms with Crippen LogP contribution in [0.4, 0.5) is 0 Å². The zero-order valence-electron chi connectivity index (χ0n) is 20.1. The molecule has 31 heavy (non-hydrogen) atoms. The van der Waals surface area contributed by atoms with Crippen LogP contribution in [0.1, 0.15) is 85.5 Å². The smallest absolute Gasteiger partial charge is 0.171 e. The van der Waals surface area contributed by atoms with Gasteiger partial charge in [0.2, 0.25) is 0 Å². The molecule has 0 aromatic carbocycles. The van der Waals surface area contributed by atoms with Gasteiger partial charge in [0.25, 0.3) is 0 Å². The maximum Gasteiger partial charge on any atom is 0.171 e. The average Bonchev–Trinajstić information content (AvgIpc) is 3.16. The van der Waals surface area contributed by atoms with E-state index in [0.29, 0.717) is 59.4 Å². The molecule has 2 heterocycles. The fourth-order valence-electron chi connectivity index (χ4n) is 10.3. The lowest BCUT2D eigenvalue weighted by molar-refractivity contribution is -0.273. The van der Waals surface area contributed by atoms with Gasteiger partial charge in [0.1, 0.15) is 0 Å². The summed E-state index contributed by atoms with van der Waals surface area (Å²) < 4.78 is 13.3. The van der Waals surface area contributed by atoms with Crippen LogP contribution in [0.5, 0.6) is 0 Å². The van der Waals surface area contributed by atoms with Crippen LogP contribution < -0.4 is 0 Å². The number of hydrogen-bond donors (Lipinski definition) is 2. The van der Waals surface area contributed by atoms with Gasteiger partial charge in [0.05, 0.1) is 24.9 Å². The SMILES string of the molecule is CC1CC[C@@]2(OC1)O[C@H]1C[C@H]3[C@@H]4CC[C@@H]5C[C@H](O)C[C@@H](O)[C@]5(C)[C@H]4CC[C@]3(C)[C@H]1[C@@H]2C. The van der Waals surface area contributed by atoms with Gasteiger partial charge < -0.3 is 19.7 Å². The van der Waals surface area contributed by atoms with Crippen LogP contribution in [0, 0.1) is 52.3 Å². The van der Waals surface area contributed by atoms with Gasteiger partial charge in [-0.1, -0.05) is 27.7 Å². The van der Waals surface area contributed by atoms with Crippen molar-refractivity contribution < 1.29 is 19.7 Å². The van der Waals surface area contributed by atoms with Crippen LogP contribution in [-0.4, -0.2) is 40.9 Å². The third kappa shape index (κ3) is 2.74. The molecule has 1 spiro atoms. The van der Waals surface area contributed by atoms with Crippen molar-refractivity contribution in [2.75, 3.05) is 6.61 Å². The first-order valence-corrected chi connectivity index (χ1v) is 13.4. The van der Waals surface area contributed by atoms with E-state index >= 15 is 0 Å². The van der Waals surface area contributed by atoms with Gasteiger partial charge >= 0.3 is 0 Å². The van der Waals surface area contributed by atoms with E-state index in [-0.39, 0.29) is 23.4 Å². The second-order valence-electron chi connectivity index (χ2n) is 13.2. The fourth-order valence-corrected chi connectivity index (χ4v) is 10.3. The molecule has 0 radical (unpaired) electrons. The van der Waals surface area contributed by atoms with Crippen molar-refractivity contribution in [2.24, 2.45) is 52.3 Å². The first kappa shape index (κ1) is 21.4. The topological polar surface area (TPSA) is 58.9 Å². The van der Waals surface area contributed by atoms with Crippen molar-refractivity contribution in [3.05, 3.63) is 0 Å². The zero-order valence-corrected chi connectivity index (χ0v) is 20.1. The van der Waals surface area contributed by atoms with Gasteiger partial charge in [0, 0.05) is 12.3 Å². The lowest BCUT2D eigenvalue weighted by Gasteiger charge is -2.62. The number of rotatable bonds is 0. The van der Waals surface area contributed by atoms with Gasteiger partial charge in [0.15, 0.2) is 5.79 Å². The molecule has 0 bridgehead atoms. The Hall–Kier alpha value is -0.160. The molecule has 13 atom stereocenters. The summed E-state index contributed by atoms with van der Waals surface area (Å²) in [6.45, 7) is 10.5. The predicted molar refractivity (Wildman–Crippen MR) is 119 cm³/mol. The van der Waals surface area contributed by atoms with E-state index in [1.807, 2.05) is 0 Å². The third-order valence-electron chi connectivity index (χ3n) is 12.0. The quantitative estimate of drug-likeness (QED) is 0.579. The minimum absolute atomic E-state index is 0.0164. The Bertz CT molecular complexity index is 716. The minimum atomic E-state index is -0.351. The highest BCUT2D eigenvalue weighted by atomic mass is 16.7. The zero-order chi connectivity index (χ0) is 21.8. The Morgan fingerprint density at radius 3 is 2.42 bits per heavy atom. The van der Waals surface area contributed by atoms with E-state index in [4.69, 9.17) is 9.47 Å². The minimum Gasteiger partial charge on any atom is -0.393 e. The molecule has 4 heteroatoms. The summed E-state index contributed by atoms with van der Waals surface area (Å²) >= 11 is 0. The molecule has 176 valence electrons. The lowest BCUT2D eigenvalue weighted by Crippen LogP contribution is -2.59. The number of ether oxygens (including phenoxy) is 2. The highest BCUT2D eigenvalue weighted by Gasteiger charge is 2.69. The maximum absolute atomic E-state index is 11.2. The summed E-state index contributed by atoms with van der Waals surface area (Å²) in [5, 5.41) is 21.5. The Morgan fingerprint density at radius 2 is 1.68 bits per heavy atom. The van der Waals surface area contributed by atoms with Crippen molar-refractivity contribution in [1.82, 2.24) is 0 Å². The van der Waals surface area contributed by atoms with Gasteiger partial charge in [-0.05, 0) is 97.7 Å².